The highest BCUT2D eigenvalue weighted by Crippen LogP contribution is 2.38. The highest BCUT2D eigenvalue weighted by Gasteiger charge is 2.27. The molecule has 0 amide bonds. The zero-order chi connectivity index (χ0) is 10.1. The first-order valence-electron chi connectivity index (χ1n) is 3.83. The summed E-state index contributed by atoms with van der Waals surface area (Å²) < 4.78 is 26.1. The van der Waals surface area contributed by atoms with Crippen LogP contribution in [0.3, 0.4) is 0 Å². The van der Waals surface area contributed by atoms with Crippen LogP contribution in [0.4, 0.5) is 4.39 Å². The summed E-state index contributed by atoms with van der Waals surface area (Å²) in [4.78, 5) is 1.31. The van der Waals surface area contributed by atoms with Gasteiger partial charge < -0.3 is 0 Å². The summed E-state index contributed by atoms with van der Waals surface area (Å²) in [5.41, 5.74) is 0. The van der Waals surface area contributed by atoms with Crippen molar-refractivity contribution < 1.29 is 8.60 Å². The molecule has 0 fully saturated rings. The van der Waals surface area contributed by atoms with Gasteiger partial charge in [0, 0.05) is 4.90 Å². The highest BCUT2D eigenvalue weighted by atomic mass is 32.2. The van der Waals surface area contributed by atoms with E-state index in [1.807, 2.05) is 0 Å². The van der Waals surface area contributed by atoms with Crippen LogP contribution in [-0.4, -0.2) is 14.5 Å². The van der Waals surface area contributed by atoms with Gasteiger partial charge in [0.25, 0.3) is 0 Å². The number of nitrogens with zero attached hydrogens (tertiary/aromatic N) is 1. The third kappa shape index (κ3) is 1.57. The average molecular weight is 227 g/mol. The number of terminal acetylenes is 1. The molecule has 1 heterocycles. The van der Waals surface area contributed by atoms with Gasteiger partial charge in [-0.15, -0.1) is 10.1 Å². The van der Waals surface area contributed by atoms with E-state index >= 15 is 0 Å². The second kappa shape index (κ2) is 3.73. The Kier molecular flexibility index (Phi) is 2.59. The van der Waals surface area contributed by atoms with Crippen molar-refractivity contribution in [3.05, 3.63) is 24.0 Å². The lowest BCUT2D eigenvalue weighted by molar-refractivity contribution is 0.621. The molecule has 1 aliphatic heterocycles. The van der Waals surface area contributed by atoms with Gasteiger partial charge in [-0.2, -0.15) is 0 Å². The number of halogens is 1. The van der Waals surface area contributed by atoms with Crippen LogP contribution < -0.4 is 0 Å². The summed E-state index contributed by atoms with van der Waals surface area (Å²) in [5, 5.41) is 0. The zero-order valence-corrected chi connectivity index (χ0v) is 8.70. The van der Waals surface area contributed by atoms with Crippen LogP contribution in [-0.2, 0) is 11.0 Å². The Bertz CT molecular complexity index is 441. The van der Waals surface area contributed by atoms with E-state index in [1.54, 1.807) is 3.71 Å². The van der Waals surface area contributed by atoms with Crippen molar-refractivity contribution in [2.75, 3.05) is 6.54 Å². The molecular formula is C9H6FNOS2. The highest BCUT2D eigenvalue weighted by molar-refractivity contribution is 8.08. The standard InChI is InChI=1S/C9H6FNOS2/c1-2-5-11-13-8-6-7(10)3-4-9(8)14(11)12/h1,3-4,6H,5H2. The van der Waals surface area contributed by atoms with E-state index in [4.69, 9.17) is 6.42 Å². The SMILES string of the molecule is C#CCN1Sc2cc(F)ccc2S1=O. The Labute approximate surface area is 88.2 Å². The lowest BCUT2D eigenvalue weighted by atomic mass is 10.3. The number of rotatable bonds is 1. The van der Waals surface area contributed by atoms with Gasteiger partial charge in [0.15, 0.2) is 0 Å². The lowest BCUT2D eigenvalue weighted by Crippen LogP contribution is -2.13. The minimum Gasteiger partial charge on any atom is -0.236 e. The molecule has 2 nitrogen and oxygen atoms in total. The summed E-state index contributed by atoms with van der Waals surface area (Å²) >= 11 is 1.23. The van der Waals surface area contributed by atoms with Crippen molar-refractivity contribution in [2.24, 2.45) is 0 Å². The maximum Gasteiger partial charge on any atom is 0.140 e. The summed E-state index contributed by atoms with van der Waals surface area (Å²) in [5.74, 6) is 2.08. The summed E-state index contributed by atoms with van der Waals surface area (Å²) in [6.45, 7) is 0.285. The van der Waals surface area contributed by atoms with Crippen LogP contribution >= 0.6 is 11.9 Å². The van der Waals surface area contributed by atoms with E-state index in [0.717, 1.165) is 0 Å². The number of hydrogen-bond donors (Lipinski definition) is 0. The largest absolute Gasteiger partial charge is 0.236 e. The first kappa shape index (κ1) is 9.71. The molecule has 2 rings (SSSR count). The predicted molar refractivity (Wildman–Crippen MR) is 54.2 cm³/mol. The van der Waals surface area contributed by atoms with Crippen molar-refractivity contribution in [3.63, 3.8) is 0 Å². The van der Waals surface area contributed by atoms with Gasteiger partial charge in [-0.05, 0) is 30.1 Å². The summed E-state index contributed by atoms with van der Waals surface area (Å²) in [6, 6.07) is 4.20. The summed E-state index contributed by atoms with van der Waals surface area (Å²) in [7, 11) is -1.26. The lowest BCUT2D eigenvalue weighted by Gasteiger charge is -2.05. The molecule has 1 atom stereocenters. The van der Waals surface area contributed by atoms with E-state index in [9.17, 15) is 8.60 Å². The molecular weight excluding hydrogens is 221 g/mol. The first-order chi connectivity index (χ1) is 6.72. The molecule has 72 valence electrons. The topological polar surface area (TPSA) is 20.3 Å². The fraction of sp³-hybridized carbons (Fsp3) is 0.111. The van der Waals surface area contributed by atoms with E-state index < -0.39 is 11.0 Å². The third-order valence-corrected chi connectivity index (χ3v) is 4.56. The summed E-state index contributed by atoms with van der Waals surface area (Å²) in [6.07, 6.45) is 5.12. The third-order valence-electron chi connectivity index (χ3n) is 1.70. The molecule has 0 aromatic heterocycles. The van der Waals surface area contributed by atoms with Crippen LogP contribution in [0.25, 0.3) is 0 Å². The van der Waals surface area contributed by atoms with Crippen molar-refractivity contribution >= 4 is 22.9 Å². The number of hydrogen-bond acceptors (Lipinski definition) is 2. The van der Waals surface area contributed by atoms with E-state index in [0.29, 0.717) is 9.79 Å². The molecule has 0 saturated carbocycles. The van der Waals surface area contributed by atoms with Crippen molar-refractivity contribution in [1.82, 2.24) is 3.71 Å². The average Bonchev–Trinajstić information content (AvgIpc) is 2.44. The predicted octanol–water partition coefficient (Wildman–Crippen LogP) is 1.80. The maximum atomic E-state index is 12.8. The Morgan fingerprint density at radius 1 is 1.64 bits per heavy atom. The molecule has 0 N–H and O–H groups in total. The first-order valence-corrected chi connectivity index (χ1v) is 5.71. The van der Waals surface area contributed by atoms with Crippen molar-refractivity contribution in [2.45, 2.75) is 9.79 Å². The van der Waals surface area contributed by atoms with E-state index in [-0.39, 0.29) is 12.4 Å². The Hall–Kier alpha value is -0.830. The van der Waals surface area contributed by atoms with Crippen molar-refractivity contribution in [3.8, 4) is 12.3 Å². The molecule has 14 heavy (non-hydrogen) atoms. The normalized spacial score (nSPS) is 20.4. The van der Waals surface area contributed by atoms with Gasteiger partial charge in [0.05, 0.1) is 11.4 Å². The molecule has 0 saturated heterocycles. The van der Waals surface area contributed by atoms with E-state index in [2.05, 4.69) is 5.92 Å². The van der Waals surface area contributed by atoms with Crippen molar-refractivity contribution in [1.29, 1.82) is 0 Å². The molecule has 0 spiro atoms. The maximum absolute atomic E-state index is 12.8. The number of benzene rings is 1. The minimum absolute atomic E-state index is 0.285. The molecule has 0 aliphatic carbocycles. The monoisotopic (exact) mass is 227 g/mol. The second-order valence-electron chi connectivity index (χ2n) is 2.63. The molecule has 0 bridgehead atoms. The van der Waals surface area contributed by atoms with Crippen LogP contribution in [0, 0.1) is 18.2 Å². The molecule has 1 aromatic rings. The Morgan fingerprint density at radius 2 is 2.43 bits per heavy atom. The quantitative estimate of drug-likeness (QED) is 0.538. The van der Waals surface area contributed by atoms with Crippen LogP contribution in [0.15, 0.2) is 28.0 Å². The minimum atomic E-state index is -1.26. The molecule has 1 aromatic carbocycles. The zero-order valence-electron chi connectivity index (χ0n) is 7.07. The fourth-order valence-electron chi connectivity index (χ4n) is 1.12. The van der Waals surface area contributed by atoms with Gasteiger partial charge >= 0.3 is 0 Å². The van der Waals surface area contributed by atoms with Gasteiger partial charge in [-0.25, -0.2) is 8.60 Å². The molecule has 1 aliphatic rings. The molecule has 0 radical (unpaired) electrons. The van der Waals surface area contributed by atoms with Crippen LogP contribution in [0.2, 0.25) is 0 Å². The number of fused-ring (bicyclic) bond motifs is 1. The Balaban J connectivity index is 2.37. The van der Waals surface area contributed by atoms with Gasteiger partial charge in [0.1, 0.15) is 16.8 Å². The smallest absolute Gasteiger partial charge is 0.140 e. The second-order valence-corrected chi connectivity index (χ2v) is 5.30. The fourth-order valence-corrected chi connectivity index (χ4v) is 3.70. The van der Waals surface area contributed by atoms with Gasteiger partial charge in [0.2, 0.25) is 0 Å². The molecule has 1 unspecified atom stereocenters. The van der Waals surface area contributed by atoms with Crippen LogP contribution in [0.5, 0.6) is 0 Å². The van der Waals surface area contributed by atoms with Gasteiger partial charge in [-0.1, -0.05) is 5.92 Å². The Morgan fingerprint density at radius 3 is 3.14 bits per heavy atom. The van der Waals surface area contributed by atoms with Gasteiger partial charge in [-0.3, -0.25) is 0 Å². The van der Waals surface area contributed by atoms with E-state index in [1.165, 1.54) is 30.1 Å². The van der Waals surface area contributed by atoms with Crippen LogP contribution in [0.1, 0.15) is 0 Å². The molecule has 5 heteroatoms.